The Morgan fingerprint density at radius 3 is 1.63 bits per heavy atom. The summed E-state index contributed by atoms with van der Waals surface area (Å²) in [5, 5.41) is 24.3. The molecule has 9 nitrogen and oxygen atoms in total. The van der Waals surface area contributed by atoms with E-state index < -0.39 is 11.7 Å². The third-order valence-electron chi connectivity index (χ3n) is 7.17. The van der Waals surface area contributed by atoms with Gasteiger partial charge in [0.25, 0.3) is 0 Å². The summed E-state index contributed by atoms with van der Waals surface area (Å²) >= 11 is 0. The van der Waals surface area contributed by atoms with E-state index in [9.17, 15) is 14.7 Å². The Kier molecular flexibility index (Phi) is 14.0. The number of hydrogen-bond acceptors (Lipinski definition) is 7. The molecule has 9 heteroatoms. The van der Waals surface area contributed by atoms with Crippen molar-refractivity contribution in [1.29, 1.82) is 0 Å². The third kappa shape index (κ3) is 10.1. The highest BCUT2D eigenvalue weighted by atomic mass is 16.5. The second-order valence-corrected chi connectivity index (χ2v) is 10.3. The molecule has 0 aliphatic carbocycles. The van der Waals surface area contributed by atoms with Gasteiger partial charge >= 0.3 is 0 Å². The number of aliphatic hydroxyl groups is 2. The van der Waals surface area contributed by atoms with E-state index in [1.807, 2.05) is 78.9 Å². The van der Waals surface area contributed by atoms with Crippen molar-refractivity contribution in [2.24, 2.45) is 0 Å². The van der Waals surface area contributed by atoms with Gasteiger partial charge in [-0.05, 0) is 66.6 Å². The van der Waals surface area contributed by atoms with Gasteiger partial charge in [-0.25, -0.2) is 0 Å². The van der Waals surface area contributed by atoms with Crippen molar-refractivity contribution < 1.29 is 34.0 Å². The van der Waals surface area contributed by atoms with Gasteiger partial charge in [-0.15, -0.1) is 0 Å². The number of amides is 2. The Labute approximate surface area is 254 Å². The van der Waals surface area contributed by atoms with Crippen molar-refractivity contribution in [2.75, 3.05) is 40.5 Å². The molecular formula is C34H44N2O7. The molecule has 0 aliphatic rings. The first-order valence-corrected chi connectivity index (χ1v) is 14.7. The second kappa shape index (κ2) is 17.9. The van der Waals surface area contributed by atoms with Crippen molar-refractivity contribution in [1.82, 2.24) is 10.6 Å². The van der Waals surface area contributed by atoms with Crippen molar-refractivity contribution >= 4 is 11.8 Å². The second-order valence-electron chi connectivity index (χ2n) is 10.3. The van der Waals surface area contributed by atoms with E-state index in [0.29, 0.717) is 38.7 Å². The largest absolute Gasteiger partial charge is 0.497 e. The highest BCUT2D eigenvalue weighted by Crippen LogP contribution is 2.41. The molecule has 0 heterocycles. The van der Waals surface area contributed by atoms with Crippen LogP contribution in [0.15, 0.2) is 78.9 Å². The lowest BCUT2D eigenvalue weighted by molar-refractivity contribution is -0.121. The fourth-order valence-corrected chi connectivity index (χ4v) is 4.80. The first kappa shape index (κ1) is 33.6. The summed E-state index contributed by atoms with van der Waals surface area (Å²) in [5.41, 5.74) is 1.95. The van der Waals surface area contributed by atoms with Gasteiger partial charge in [0.05, 0.1) is 20.3 Å². The average molecular weight is 593 g/mol. The fraction of sp³-hybridized carbons (Fsp3) is 0.412. The molecule has 3 aromatic carbocycles. The molecule has 0 saturated carbocycles. The van der Waals surface area contributed by atoms with Crippen LogP contribution in [0, 0.1) is 0 Å². The van der Waals surface area contributed by atoms with E-state index >= 15 is 0 Å². The Morgan fingerprint density at radius 2 is 1.16 bits per heavy atom. The normalized spacial score (nSPS) is 11.9. The number of carbonyl (C=O) groups excluding carboxylic acids is 2. The standard InChI is InChI=1S/C34H44N2O7/c1-41-30-18-14-27(15-19-30)34(26-10-4-3-5-11-26,28-16-20-31(42-2)21-17-28)43-23-9-7-13-33(40)36-25-29(38)24-35-32(39)12-6-8-22-37/h3-5,10-11,14-21,29,37-38H,6-9,12-13,22-25H2,1-2H3,(H,35,39)(H,36,40). The number of aliphatic hydroxyl groups excluding tert-OH is 2. The van der Waals surface area contributed by atoms with E-state index in [4.69, 9.17) is 19.3 Å². The van der Waals surface area contributed by atoms with Crippen LogP contribution in [0.1, 0.15) is 55.2 Å². The highest BCUT2D eigenvalue weighted by molar-refractivity contribution is 5.76. The number of ether oxygens (including phenoxy) is 3. The molecule has 0 radical (unpaired) electrons. The molecule has 232 valence electrons. The summed E-state index contributed by atoms with van der Waals surface area (Å²) in [5.74, 6) is 1.14. The van der Waals surface area contributed by atoms with E-state index in [2.05, 4.69) is 10.6 Å². The van der Waals surface area contributed by atoms with Gasteiger partial charge < -0.3 is 35.1 Å². The highest BCUT2D eigenvalue weighted by Gasteiger charge is 2.37. The number of carbonyl (C=O) groups is 2. The number of hydrogen-bond donors (Lipinski definition) is 4. The van der Waals surface area contributed by atoms with Gasteiger partial charge in [-0.3, -0.25) is 9.59 Å². The summed E-state index contributed by atoms with van der Waals surface area (Å²) in [6.45, 7) is 0.557. The van der Waals surface area contributed by atoms with Gasteiger partial charge in [0, 0.05) is 39.1 Å². The Balaban J connectivity index is 1.61. The maximum Gasteiger partial charge on any atom is 0.220 e. The summed E-state index contributed by atoms with van der Waals surface area (Å²) < 4.78 is 17.6. The molecule has 3 aromatic rings. The molecule has 0 aliphatic heterocycles. The lowest BCUT2D eigenvalue weighted by atomic mass is 9.80. The minimum atomic E-state index is -0.908. The maximum atomic E-state index is 12.4. The number of rotatable bonds is 19. The van der Waals surface area contributed by atoms with Crippen LogP contribution < -0.4 is 20.1 Å². The predicted molar refractivity (Wildman–Crippen MR) is 165 cm³/mol. The van der Waals surface area contributed by atoms with Gasteiger partial charge in [0.15, 0.2) is 0 Å². The van der Waals surface area contributed by atoms with E-state index in [1.165, 1.54) is 0 Å². The monoisotopic (exact) mass is 592 g/mol. The van der Waals surface area contributed by atoms with Gasteiger partial charge in [-0.2, -0.15) is 0 Å². The van der Waals surface area contributed by atoms with Crippen LogP contribution in [0.5, 0.6) is 11.5 Å². The smallest absolute Gasteiger partial charge is 0.220 e. The fourth-order valence-electron chi connectivity index (χ4n) is 4.80. The van der Waals surface area contributed by atoms with Gasteiger partial charge in [0.1, 0.15) is 17.1 Å². The average Bonchev–Trinajstić information content (AvgIpc) is 3.05. The van der Waals surface area contributed by atoms with Crippen LogP contribution in [0.4, 0.5) is 0 Å². The minimum absolute atomic E-state index is 0.0489. The van der Waals surface area contributed by atoms with Crippen LogP contribution in [0.3, 0.4) is 0 Å². The molecular weight excluding hydrogens is 548 g/mol. The van der Waals surface area contributed by atoms with E-state index in [1.54, 1.807) is 14.2 Å². The lowest BCUT2D eigenvalue weighted by Gasteiger charge is -2.36. The van der Waals surface area contributed by atoms with Crippen LogP contribution in [-0.4, -0.2) is 68.7 Å². The number of nitrogens with one attached hydrogen (secondary N) is 2. The quantitative estimate of drug-likeness (QED) is 0.123. The molecule has 43 heavy (non-hydrogen) atoms. The number of unbranched alkanes of at least 4 members (excludes halogenated alkanes) is 2. The van der Waals surface area contributed by atoms with Gasteiger partial charge in [-0.1, -0.05) is 54.6 Å². The molecule has 0 saturated heterocycles. The summed E-state index contributed by atoms with van der Waals surface area (Å²) in [7, 11) is 3.27. The Bertz CT molecular complexity index is 1190. The minimum Gasteiger partial charge on any atom is -0.497 e. The lowest BCUT2D eigenvalue weighted by Crippen LogP contribution is -2.39. The summed E-state index contributed by atoms with van der Waals surface area (Å²) in [6.07, 6.45) is 2.09. The molecule has 1 atom stereocenters. The number of benzene rings is 3. The van der Waals surface area contributed by atoms with Crippen molar-refractivity contribution in [2.45, 2.75) is 50.2 Å². The van der Waals surface area contributed by atoms with Crippen LogP contribution >= 0.6 is 0 Å². The van der Waals surface area contributed by atoms with Crippen LogP contribution in [-0.2, 0) is 19.9 Å². The van der Waals surface area contributed by atoms with E-state index in [0.717, 1.165) is 28.2 Å². The molecule has 0 aromatic heterocycles. The Hall–Kier alpha value is -3.92. The summed E-state index contributed by atoms with van der Waals surface area (Å²) in [4.78, 5) is 24.2. The third-order valence-corrected chi connectivity index (χ3v) is 7.17. The Morgan fingerprint density at radius 1 is 0.698 bits per heavy atom. The molecule has 3 rings (SSSR count). The van der Waals surface area contributed by atoms with Crippen molar-refractivity contribution in [3.63, 3.8) is 0 Å². The van der Waals surface area contributed by atoms with Gasteiger partial charge in [0.2, 0.25) is 11.8 Å². The number of methoxy groups -OCH3 is 2. The van der Waals surface area contributed by atoms with Crippen LogP contribution in [0.25, 0.3) is 0 Å². The summed E-state index contributed by atoms with van der Waals surface area (Å²) in [6, 6.07) is 25.7. The molecule has 4 N–H and O–H groups in total. The van der Waals surface area contributed by atoms with Crippen LogP contribution in [0.2, 0.25) is 0 Å². The molecule has 0 fully saturated rings. The van der Waals surface area contributed by atoms with E-state index in [-0.39, 0.29) is 37.9 Å². The zero-order valence-corrected chi connectivity index (χ0v) is 25.1. The van der Waals surface area contributed by atoms with Crippen molar-refractivity contribution in [3.05, 3.63) is 95.6 Å². The molecule has 0 bridgehead atoms. The predicted octanol–water partition coefficient (Wildman–Crippen LogP) is 3.94. The van der Waals surface area contributed by atoms with Crippen molar-refractivity contribution in [3.8, 4) is 11.5 Å². The molecule has 0 spiro atoms. The molecule has 2 amide bonds. The zero-order valence-electron chi connectivity index (χ0n) is 25.1. The zero-order chi connectivity index (χ0) is 30.9. The first-order valence-electron chi connectivity index (χ1n) is 14.7. The maximum absolute atomic E-state index is 12.4. The SMILES string of the molecule is COc1ccc(C(OCCCCC(=O)NCC(O)CNC(=O)CCCCO)(c2ccccc2)c2ccc(OC)cc2)cc1. The molecule has 1 unspecified atom stereocenters. The topological polar surface area (TPSA) is 126 Å². The first-order chi connectivity index (χ1) is 20.9.